The number of nitrogens with one attached hydrogen (secondary N) is 2. The lowest BCUT2D eigenvalue weighted by atomic mass is 9.98. The Hall–Kier alpha value is 0.0400. The van der Waals surface area contributed by atoms with Crippen molar-refractivity contribution in [3.8, 4) is 0 Å². The summed E-state index contributed by atoms with van der Waals surface area (Å²) in [6.07, 6.45) is 2.41. The second-order valence-electron chi connectivity index (χ2n) is 4.32. The summed E-state index contributed by atoms with van der Waals surface area (Å²) in [6, 6.07) is 3.72. The van der Waals surface area contributed by atoms with Gasteiger partial charge >= 0.3 is 0 Å². The van der Waals surface area contributed by atoms with Crippen molar-refractivity contribution in [3.63, 3.8) is 0 Å². The van der Waals surface area contributed by atoms with Gasteiger partial charge in [0.25, 0.3) is 0 Å². The normalized spacial score (nSPS) is 17.1. The van der Waals surface area contributed by atoms with E-state index >= 15 is 0 Å². The highest BCUT2D eigenvalue weighted by atomic mass is 79.9. The molecule has 2 rings (SSSR count). The summed E-state index contributed by atoms with van der Waals surface area (Å²) in [6.45, 7) is 3.14. The minimum absolute atomic E-state index is 0.665. The molecule has 0 unspecified atom stereocenters. The first-order chi connectivity index (χ1) is 8.16. The molecule has 1 saturated heterocycles. The van der Waals surface area contributed by atoms with Gasteiger partial charge in [-0.25, -0.2) is 0 Å². The highest BCUT2D eigenvalue weighted by Gasteiger charge is 2.14. The highest BCUT2D eigenvalue weighted by Crippen LogP contribution is 2.34. The minimum atomic E-state index is 0.665. The van der Waals surface area contributed by atoms with Gasteiger partial charge in [-0.3, -0.25) is 0 Å². The highest BCUT2D eigenvalue weighted by molar-refractivity contribution is 9.10. The molecular formula is C12H15BrCl2N2. The molecule has 1 heterocycles. The summed E-state index contributed by atoms with van der Waals surface area (Å²) < 4.78 is 0.903. The molecule has 0 saturated carbocycles. The topological polar surface area (TPSA) is 24.1 Å². The molecule has 0 spiro atoms. The van der Waals surface area contributed by atoms with Crippen molar-refractivity contribution >= 4 is 44.8 Å². The van der Waals surface area contributed by atoms with Crippen LogP contribution in [0.3, 0.4) is 0 Å². The standard InChI is InChI=1S/C12H15BrCl2N2/c13-9-5-10(14)12(11(15)6-9)17-7-8-1-3-16-4-2-8/h5-6,8,16-17H,1-4,7H2. The Morgan fingerprint density at radius 2 is 1.82 bits per heavy atom. The lowest BCUT2D eigenvalue weighted by molar-refractivity contribution is 0.390. The SMILES string of the molecule is Clc1cc(Br)cc(Cl)c1NCC1CCNCC1. The molecule has 1 aliphatic heterocycles. The number of rotatable bonds is 3. The molecule has 94 valence electrons. The smallest absolute Gasteiger partial charge is 0.0719 e. The lowest BCUT2D eigenvalue weighted by Crippen LogP contribution is -2.31. The molecule has 5 heteroatoms. The predicted molar refractivity (Wildman–Crippen MR) is 78.2 cm³/mol. The van der Waals surface area contributed by atoms with E-state index in [1.807, 2.05) is 12.1 Å². The van der Waals surface area contributed by atoms with E-state index in [2.05, 4.69) is 26.6 Å². The maximum atomic E-state index is 6.16. The first kappa shape index (κ1) is 13.5. The van der Waals surface area contributed by atoms with Gasteiger partial charge in [-0.15, -0.1) is 0 Å². The minimum Gasteiger partial charge on any atom is -0.382 e. The fraction of sp³-hybridized carbons (Fsp3) is 0.500. The summed E-state index contributed by atoms with van der Waals surface area (Å²) >= 11 is 15.7. The zero-order valence-electron chi connectivity index (χ0n) is 9.40. The summed E-state index contributed by atoms with van der Waals surface area (Å²) in [7, 11) is 0. The van der Waals surface area contributed by atoms with E-state index in [1.54, 1.807) is 0 Å². The molecular weight excluding hydrogens is 323 g/mol. The number of halogens is 3. The third-order valence-corrected chi connectivity index (χ3v) is 4.09. The van der Waals surface area contributed by atoms with E-state index in [4.69, 9.17) is 23.2 Å². The molecule has 0 bridgehead atoms. The molecule has 17 heavy (non-hydrogen) atoms. The largest absolute Gasteiger partial charge is 0.382 e. The van der Waals surface area contributed by atoms with Gasteiger partial charge in [-0.2, -0.15) is 0 Å². The maximum absolute atomic E-state index is 6.16. The quantitative estimate of drug-likeness (QED) is 0.865. The van der Waals surface area contributed by atoms with Crippen LogP contribution < -0.4 is 10.6 Å². The summed E-state index contributed by atoms with van der Waals surface area (Å²) in [5, 5.41) is 8.05. The van der Waals surface area contributed by atoms with Crippen molar-refractivity contribution in [2.45, 2.75) is 12.8 Å². The van der Waals surface area contributed by atoms with E-state index < -0.39 is 0 Å². The number of hydrogen-bond acceptors (Lipinski definition) is 2. The fourth-order valence-corrected chi connectivity index (χ4v) is 3.39. The summed E-state index contributed by atoms with van der Waals surface area (Å²) in [5.41, 5.74) is 0.843. The Balaban J connectivity index is 1.98. The Morgan fingerprint density at radius 3 is 2.41 bits per heavy atom. The molecule has 1 fully saturated rings. The van der Waals surface area contributed by atoms with Gasteiger partial charge in [0.05, 0.1) is 15.7 Å². The number of piperidine rings is 1. The maximum Gasteiger partial charge on any atom is 0.0719 e. The van der Waals surface area contributed by atoms with Crippen LogP contribution in [-0.2, 0) is 0 Å². The lowest BCUT2D eigenvalue weighted by Gasteiger charge is -2.23. The van der Waals surface area contributed by atoms with Gasteiger partial charge in [0.1, 0.15) is 0 Å². The van der Waals surface area contributed by atoms with Gasteiger partial charge in [-0.1, -0.05) is 39.1 Å². The van der Waals surface area contributed by atoms with Crippen LogP contribution in [0.25, 0.3) is 0 Å². The van der Waals surface area contributed by atoms with Crippen LogP contribution in [0.2, 0.25) is 10.0 Å². The fourth-order valence-electron chi connectivity index (χ4n) is 2.04. The van der Waals surface area contributed by atoms with Crippen LogP contribution in [0.5, 0.6) is 0 Å². The third-order valence-electron chi connectivity index (χ3n) is 3.03. The first-order valence-corrected chi connectivity index (χ1v) is 7.31. The van der Waals surface area contributed by atoms with Crippen LogP contribution in [-0.4, -0.2) is 19.6 Å². The van der Waals surface area contributed by atoms with Crippen molar-refractivity contribution < 1.29 is 0 Å². The Kier molecular flexibility index (Phi) is 4.97. The van der Waals surface area contributed by atoms with Gasteiger partial charge in [0.2, 0.25) is 0 Å². The third kappa shape index (κ3) is 3.75. The summed E-state index contributed by atoms with van der Waals surface area (Å²) in [5.74, 6) is 0.701. The van der Waals surface area contributed by atoms with Gasteiger partial charge in [0, 0.05) is 11.0 Å². The first-order valence-electron chi connectivity index (χ1n) is 5.76. The van der Waals surface area contributed by atoms with E-state index in [9.17, 15) is 0 Å². The van der Waals surface area contributed by atoms with E-state index in [-0.39, 0.29) is 0 Å². The van der Waals surface area contributed by atoms with Gasteiger partial charge < -0.3 is 10.6 Å². The second kappa shape index (κ2) is 6.28. The van der Waals surface area contributed by atoms with Crippen LogP contribution >= 0.6 is 39.1 Å². The molecule has 1 aliphatic rings. The van der Waals surface area contributed by atoms with Crippen molar-refractivity contribution in [2.24, 2.45) is 5.92 Å². The van der Waals surface area contributed by atoms with Crippen LogP contribution in [0.4, 0.5) is 5.69 Å². The predicted octanol–water partition coefficient (Wildman–Crippen LogP) is 4.17. The zero-order chi connectivity index (χ0) is 12.3. The number of anilines is 1. The van der Waals surface area contributed by atoms with Gasteiger partial charge in [0.15, 0.2) is 0 Å². The van der Waals surface area contributed by atoms with Crippen molar-refractivity contribution in [1.29, 1.82) is 0 Å². The van der Waals surface area contributed by atoms with Crippen molar-refractivity contribution in [1.82, 2.24) is 5.32 Å². The molecule has 0 aliphatic carbocycles. The van der Waals surface area contributed by atoms with Crippen LogP contribution in [0.15, 0.2) is 16.6 Å². The number of benzene rings is 1. The molecule has 1 aromatic rings. The Morgan fingerprint density at radius 1 is 1.24 bits per heavy atom. The molecule has 0 amide bonds. The second-order valence-corrected chi connectivity index (χ2v) is 6.05. The van der Waals surface area contributed by atoms with Crippen molar-refractivity contribution in [3.05, 3.63) is 26.7 Å². The van der Waals surface area contributed by atoms with E-state index in [0.29, 0.717) is 16.0 Å². The molecule has 0 aromatic heterocycles. The van der Waals surface area contributed by atoms with E-state index in [1.165, 1.54) is 12.8 Å². The molecule has 0 atom stereocenters. The van der Waals surface area contributed by atoms with Crippen LogP contribution in [0.1, 0.15) is 12.8 Å². The summed E-state index contributed by atoms with van der Waals surface area (Å²) in [4.78, 5) is 0. The molecule has 0 radical (unpaired) electrons. The average Bonchev–Trinajstić information content (AvgIpc) is 2.29. The Bertz CT molecular complexity index is 369. The monoisotopic (exact) mass is 336 g/mol. The number of hydrogen-bond donors (Lipinski definition) is 2. The zero-order valence-corrected chi connectivity index (χ0v) is 12.5. The molecule has 2 nitrogen and oxygen atoms in total. The van der Waals surface area contributed by atoms with E-state index in [0.717, 1.165) is 29.8 Å². The Labute approximate surface area is 120 Å². The average molecular weight is 338 g/mol. The van der Waals surface area contributed by atoms with Crippen LogP contribution in [0, 0.1) is 5.92 Å². The van der Waals surface area contributed by atoms with Crippen molar-refractivity contribution in [2.75, 3.05) is 25.0 Å². The molecule has 1 aromatic carbocycles. The van der Waals surface area contributed by atoms with Gasteiger partial charge in [-0.05, 0) is 44.0 Å². The molecule has 2 N–H and O–H groups in total.